The Kier molecular flexibility index (Phi) is 5.16. The fraction of sp³-hybridized carbons (Fsp3) is 0.474. The van der Waals surface area contributed by atoms with Gasteiger partial charge < -0.3 is 9.32 Å². The van der Waals surface area contributed by atoms with Gasteiger partial charge in [0, 0.05) is 32.0 Å². The van der Waals surface area contributed by atoms with Crippen molar-refractivity contribution >= 4 is 5.91 Å². The summed E-state index contributed by atoms with van der Waals surface area (Å²) in [6.45, 7) is 5.91. The zero-order valence-corrected chi connectivity index (χ0v) is 14.5. The summed E-state index contributed by atoms with van der Waals surface area (Å²) in [5.41, 5.74) is 0.158. The molecule has 2 heterocycles. The number of benzene rings is 1. The Morgan fingerprint density at radius 2 is 2.00 bits per heavy atom. The van der Waals surface area contributed by atoms with Gasteiger partial charge in [0.25, 0.3) is 0 Å². The summed E-state index contributed by atoms with van der Waals surface area (Å²) >= 11 is 0. The van der Waals surface area contributed by atoms with Crippen LogP contribution in [0.15, 0.2) is 28.8 Å². The van der Waals surface area contributed by atoms with Gasteiger partial charge in [0.05, 0.1) is 11.8 Å². The van der Waals surface area contributed by atoms with Crippen LogP contribution in [0.2, 0.25) is 0 Å². The maximum atomic E-state index is 13.8. The Hall–Kier alpha value is -2.24. The van der Waals surface area contributed by atoms with Crippen molar-refractivity contribution in [3.63, 3.8) is 0 Å². The molecule has 0 N–H and O–H groups in total. The second-order valence-corrected chi connectivity index (χ2v) is 6.99. The van der Waals surface area contributed by atoms with Crippen LogP contribution in [0.25, 0.3) is 11.3 Å². The van der Waals surface area contributed by atoms with Gasteiger partial charge in [-0.05, 0) is 30.4 Å². The normalized spacial score (nSPS) is 20.7. The minimum atomic E-state index is -0.699. The first kappa shape index (κ1) is 17.6. The van der Waals surface area contributed by atoms with Crippen LogP contribution in [0.4, 0.5) is 8.78 Å². The van der Waals surface area contributed by atoms with Crippen LogP contribution in [0, 0.1) is 23.5 Å². The molecule has 0 radical (unpaired) electrons. The third kappa shape index (κ3) is 4.24. The van der Waals surface area contributed by atoms with Gasteiger partial charge in [0.2, 0.25) is 5.91 Å². The second kappa shape index (κ2) is 7.33. The summed E-state index contributed by atoms with van der Waals surface area (Å²) in [5, 5.41) is 0. The number of hydrogen-bond donors (Lipinski definition) is 0. The Morgan fingerprint density at radius 1 is 1.28 bits per heavy atom. The lowest BCUT2D eigenvalue weighted by Crippen LogP contribution is -2.42. The van der Waals surface area contributed by atoms with Gasteiger partial charge in [-0.1, -0.05) is 13.8 Å². The molecule has 0 spiro atoms. The van der Waals surface area contributed by atoms with Gasteiger partial charge in [0.1, 0.15) is 11.6 Å². The molecule has 1 aliphatic rings. The van der Waals surface area contributed by atoms with Crippen molar-refractivity contribution in [2.45, 2.75) is 33.1 Å². The lowest BCUT2D eigenvalue weighted by molar-refractivity contribution is -0.133. The van der Waals surface area contributed by atoms with E-state index < -0.39 is 11.6 Å². The van der Waals surface area contributed by atoms with Crippen molar-refractivity contribution in [2.75, 3.05) is 13.1 Å². The van der Waals surface area contributed by atoms with Crippen molar-refractivity contribution in [3.8, 4) is 11.3 Å². The highest BCUT2D eigenvalue weighted by Gasteiger charge is 2.25. The van der Waals surface area contributed by atoms with Crippen molar-refractivity contribution in [1.29, 1.82) is 0 Å². The van der Waals surface area contributed by atoms with E-state index in [4.69, 9.17) is 4.42 Å². The molecule has 2 aromatic rings. The van der Waals surface area contributed by atoms with Crippen LogP contribution in [0.3, 0.4) is 0 Å². The molecule has 0 aliphatic carbocycles. The fourth-order valence-corrected chi connectivity index (χ4v) is 3.48. The maximum absolute atomic E-state index is 13.8. The van der Waals surface area contributed by atoms with Crippen molar-refractivity contribution in [3.05, 3.63) is 41.9 Å². The zero-order valence-electron chi connectivity index (χ0n) is 14.5. The number of nitrogens with zero attached hydrogens (tertiary/aromatic N) is 2. The van der Waals surface area contributed by atoms with Crippen molar-refractivity contribution in [2.24, 2.45) is 11.8 Å². The predicted octanol–water partition coefficient (Wildman–Crippen LogP) is 4.06. The largest absolute Gasteiger partial charge is 0.441 e. The van der Waals surface area contributed by atoms with Crippen LogP contribution >= 0.6 is 0 Å². The number of oxazole rings is 1. The van der Waals surface area contributed by atoms with E-state index in [2.05, 4.69) is 18.8 Å². The number of amides is 1. The van der Waals surface area contributed by atoms with E-state index in [9.17, 15) is 13.6 Å². The van der Waals surface area contributed by atoms with Crippen LogP contribution in [0.5, 0.6) is 0 Å². The number of rotatable bonds is 4. The lowest BCUT2D eigenvalue weighted by Gasteiger charge is -2.35. The number of aromatic nitrogens is 1. The smallest absolute Gasteiger partial charge is 0.223 e. The van der Waals surface area contributed by atoms with E-state index >= 15 is 0 Å². The van der Waals surface area contributed by atoms with Gasteiger partial charge in [-0.2, -0.15) is 0 Å². The number of carbonyl (C=O) groups is 1. The Bertz CT molecular complexity index is 750. The summed E-state index contributed by atoms with van der Waals surface area (Å²) in [5.74, 6) is 0.396. The van der Waals surface area contributed by atoms with E-state index in [0.717, 1.165) is 25.6 Å². The minimum absolute atomic E-state index is 0.0890. The monoisotopic (exact) mass is 348 g/mol. The standard InChI is InChI=1S/C19H22F2N2O2/c1-12-7-13(2)11-23(10-12)19(24)6-5-18-22-9-17(25-18)15-4-3-14(20)8-16(15)21/h3-4,8-9,12-13H,5-7,10-11H2,1-2H3/t12-,13-/m0/s1. The Labute approximate surface area is 145 Å². The topological polar surface area (TPSA) is 46.3 Å². The molecule has 1 aromatic heterocycles. The molecule has 0 bridgehead atoms. The van der Waals surface area contributed by atoms with E-state index in [1.54, 1.807) is 0 Å². The molecule has 134 valence electrons. The summed E-state index contributed by atoms with van der Waals surface area (Å²) in [6.07, 6.45) is 3.23. The van der Waals surface area contributed by atoms with E-state index in [1.807, 2.05) is 4.90 Å². The molecule has 2 atom stereocenters. The molecular formula is C19H22F2N2O2. The molecule has 1 saturated heterocycles. The van der Waals surface area contributed by atoms with Gasteiger partial charge in [-0.3, -0.25) is 4.79 Å². The van der Waals surface area contributed by atoms with E-state index in [0.29, 0.717) is 30.6 Å². The Morgan fingerprint density at radius 3 is 2.68 bits per heavy atom. The molecule has 1 aliphatic heterocycles. The van der Waals surface area contributed by atoms with Gasteiger partial charge in [-0.25, -0.2) is 13.8 Å². The van der Waals surface area contributed by atoms with Gasteiger partial charge in [-0.15, -0.1) is 0 Å². The first-order chi connectivity index (χ1) is 11.9. The number of carbonyl (C=O) groups excluding carboxylic acids is 1. The average molecular weight is 348 g/mol. The number of likely N-dealkylation sites (tertiary alicyclic amines) is 1. The average Bonchev–Trinajstić information content (AvgIpc) is 3.00. The first-order valence-corrected chi connectivity index (χ1v) is 8.60. The number of hydrogen-bond acceptors (Lipinski definition) is 3. The number of piperidine rings is 1. The third-order valence-electron chi connectivity index (χ3n) is 4.52. The molecule has 6 heteroatoms. The summed E-state index contributed by atoms with van der Waals surface area (Å²) < 4.78 is 32.3. The number of halogens is 2. The summed E-state index contributed by atoms with van der Waals surface area (Å²) in [4.78, 5) is 18.4. The SMILES string of the molecule is C[C@H]1C[C@H](C)CN(C(=O)CCc2ncc(-c3ccc(F)cc3F)o2)C1. The van der Waals surface area contributed by atoms with Gasteiger partial charge in [0.15, 0.2) is 11.7 Å². The fourth-order valence-electron chi connectivity index (χ4n) is 3.48. The van der Waals surface area contributed by atoms with Crippen LogP contribution in [-0.4, -0.2) is 28.9 Å². The summed E-state index contributed by atoms with van der Waals surface area (Å²) in [7, 11) is 0. The van der Waals surface area contributed by atoms with Crippen molar-refractivity contribution < 1.29 is 18.0 Å². The predicted molar refractivity (Wildman–Crippen MR) is 89.7 cm³/mol. The Balaban J connectivity index is 1.61. The van der Waals surface area contributed by atoms with Crippen molar-refractivity contribution in [1.82, 2.24) is 9.88 Å². The summed E-state index contributed by atoms with van der Waals surface area (Å²) in [6, 6.07) is 3.29. The highest BCUT2D eigenvalue weighted by atomic mass is 19.1. The highest BCUT2D eigenvalue weighted by molar-refractivity contribution is 5.76. The van der Waals surface area contributed by atoms with E-state index in [-0.39, 0.29) is 17.2 Å². The lowest BCUT2D eigenvalue weighted by atomic mass is 9.91. The van der Waals surface area contributed by atoms with E-state index in [1.165, 1.54) is 18.3 Å². The quantitative estimate of drug-likeness (QED) is 0.837. The molecule has 1 aromatic carbocycles. The molecule has 25 heavy (non-hydrogen) atoms. The first-order valence-electron chi connectivity index (χ1n) is 8.60. The molecular weight excluding hydrogens is 326 g/mol. The number of aryl methyl sites for hydroxylation is 1. The molecule has 1 fully saturated rings. The minimum Gasteiger partial charge on any atom is -0.441 e. The molecule has 0 unspecified atom stereocenters. The zero-order chi connectivity index (χ0) is 18.0. The molecule has 0 saturated carbocycles. The second-order valence-electron chi connectivity index (χ2n) is 6.99. The van der Waals surface area contributed by atoms with Crippen LogP contribution in [-0.2, 0) is 11.2 Å². The highest BCUT2D eigenvalue weighted by Crippen LogP contribution is 2.25. The molecule has 3 rings (SSSR count). The van der Waals surface area contributed by atoms with Crippen LogP contribution in [0.1, 0.15) is 32.6 Å². The maximum Gasteiger partial charge on any atom is 0.223 e. The third-order valence-corrected chi connectivity index (χ3v) is 4.52. The molecule has 4 nitrogen and oxygen atoms in total. The van der Waals surface area contributed by atoms with Crippen LogP contribution < -0.4 is 0 Å². The van der Waals surface area contributed by atoms with Gasteiger partial charge >= 0.3 is 0 Å². The molecule has 1 amide bonds.